The molecule has 0 aromatic heterocycles. The summed E-state index contributed by atoms with van der Waals surface area (Å²) < 4.78 is 5.68. The van der Waals surface area contributed by atoms with Gasteiger partial charge in [-0.05, 0) is 39.5 Å². The second-order valence-corrected chi connectivity index (χ2v) is 7.58. The van der Waals surface area contributed by atoms with E-state index in [1.807, 2.05) is 31.7 Å². The van der Waals surface area contributed by atoms with Crippen LogP contribution in [0.5, 0.6) is 0 Å². The van der Waals surface area contributed by atoms with E-state index in [9.17, 15) is 9.59 Å². The third kappa shape index (κ3) is 6.25. The molecule has 26 heavy (non-hydrogen) atoms. The zero-order valence-corrected chi connectivity index (χ0v) is 16.4. The number of ether oxygens (including phenoxy) is 1. The maximum absolute atomic E-state index is 11.9. The summed E-state index contributed by atoms with van der Waals surface area (Å²) >= 11 is 0. The van der Waals surface area contributed by atoms with Gasteiger partial charge in [0, 0.05) is 13.3 Å². The van der Waals surface area contributed by atoms with Crippen molar-refractivity contribution in [2.45, 2.75) is 77.6 Å². The molecule has 0 bridgehead atoms. The van der Waals surface area contributed by atoms with Gasteiger partial charge in [-0.1, -0.05) is 30.2 Å². The lowest BCUT2D eigenvalue weighted by Crippen LogP contribution is -2.47. The summed E-state index contributed by atoms with van der Waals surface area (Å²) in [6.45, 7) is 7.91. The Labute approximate surface area is 156 Å². The van der Waals surface area contributed by atoms with Crippen LogP contribution in [0.15, 0.2) is 23.3 Å². The molecule has 0 aromatic carbocycles. The van der Waals surface area contributed by atoms with E-state index in [2.05, 4.69) is 11.4 Å². The number of nitrogens with zero attached hydrogens (tertiary/aromatic N) is 1. The summed E-state index contributed by atoms with van der Waals surface area (Å²) in [6, 6.07) is -0.0186. The van der Waals surface area contributed by atoms with Crippen molar-refractivity contribution in [3.05, 3.63) is 23.3 Å². The Kier molecular flexibility index (Phi) is 7.01. The smallest absolute Gasteiger partial charge is 0.225 e. The van der Waals surface area contributed by atoms with Crippen molar-refractivity contribution in [2.75, 3.05) is 13.2 Å². The number of nitrogens with one attached hydrogen (secondary N) is 1. The summed E-state index contributed by atoms with van der Waals surface area (Å²) in [5.74, 6) is 0.0848. The Morgan fingerprint density at radius 1 is 1.31 bits per heavy atom. The second-order valence-electron chi connectivity index (χ2n) is 7.58. The molecule has 146 valence electrons. The first-order valence-electron chi connectivity index (χ1n) is 9.50. The molecule has 1 saturated heterocycles. The van der Waals surface area contributed by atoms with Gasteiger partial charge >= 0.3 is 0 Å². The van der Waals surface area contributed by atoms with Crippen LogP contribution in [0, 0.1) is 0 Å². The molecule has 0 aromatic rings. The molecule has 3 fully saturated rings. The number of hydrogen-bond acceptors (Lipinski definition) is 4. The molecule has 0 spiro atoms. The van der Waals surface area contributed by atoms with Crippen LogP contribution in [0.4, 0.5) is 0 Å². The van der Waals surface area contributed by atoms with Crippen LogP contribution in [0.3, 0.4) is 0 Å². The lowest BCUT2D eigenvalue weighted by molar-refractivity contribution is -0.144. The van der Waals surface area contributed by atoms with Crippen molar-refractivity contribution >= 4 is 11.8 Å². The molecule has 2 atom stereocenters. The van der Waals surface area contributed by atoms with Crippen LogP contribution in [-0.4, -0.2) is 52.8 Å². The number of carbonyl (C=O) groups is 2. The molecule has 3 aliphatic rings. The van der Waals surface area contributed by atoms with E-state index in [0.717, 1.165) is 12.8 Å². The Bertz CT molecular complexity index is 583. The van der Waals surface area contributed by atoms with Gasteiger partial charge in [-0.3, -0.25) is 9.59 Å². The minimum absolute atomic E-state index is 0.0108. The van der Waals surface area contributed by atoms with Gasteiger partial charge in [0.25, 0.3) is 0 Å². The fraction of sp³-hybridized carbons (Fsp3) is 0.700. The number of amides is 2. The van der Waals surface area contributed by atoms with Crippen molar-refractivity contribution in [3.63, 3.8) is 0 Å². The topological polar surface area (TPSA) is 78.9 Å². The standard InChI is InChI=1S/C12H19NO2.C8H13NO2/c1-4-11(14)13-10(7-9-5-6-9)8-15-12(13,2)3;1-6(11)9-8(5-10)4-7-2-3-7/h7,10H,4-6,8H2,1-3H3;4,8,10H,2-3,5H2,1H3,(H,9,11)/t10-;8-/m00/s1. The normalized spacial score (nSPS) is 23.6. The van der Waals surface area contributed by atoms with E-state index >= 15 is 0 Å². The maximum atomic E-state index is 11.9. The first kappa shape index (κ1) is 20.6. The summed E-state index contributed by atoms with van der Waals surface area (Å²) in [6.07, 6.45) is 9.33. The number of aliphatic hydroxyl groups is 1. The van der Waals surface area contributed by atoms with Crippen molar-refractivity contribution in [1.82, 2.24) is 10.2 Å². The molecule has 2 amide bonds. The Balaban J connectivity index is 0.000000197. The van der Waals surface area contributed by atoms with E-state index in [4.69, 9.17) is 9.84 Å². The summed E-state index contributed by atoms with van der Waals surface area (Å²) in [7, 11) is 0. The molecule has 1 aliphatic heterocycles. The quantitative estimate of drug-likeness (QED) is 0.734. The first-order valence-corrected chi connectivity index (χ1v) is 9.50. The highest BCUT2D eigenvalue weighted by Gasteiger charge is 2.42. The van der Waals surface area contributed by atoms with Gasteiger partial charge < -0.3 is 20.1 Å². The van der Waals surface area contributed by atoms with E-state index < -0.39 is 5.72 Å². The van der Waals surface area contributed by atoms with Crippen LogP contribution in [-0.2, 0) is 14.3 Å². The van der Waals surface area contributed by atoms with E-state index in [0.29, 0.717) is 13.0 Å². The van der Waals surface area contributed by atoms with Crippen molar-refractivity contribution in [3.8, 4) is 0 Å². The van der Waals surface area contributed by atoms with E-state index in [1.54, 1.807) is 0 Å². The van der Waals surface area contributed by atoms with Gasteiger partial charge in [-0.2, -0.15) is 0 Å². The SMILES string of the molecule is CC(=O)N[C@@H](C=C1CC1)CO.CCC(=O)N1[C@@H](C=C2CC2)COC1(C)C. The first-order chi connectivity index (χ1) is 12.3. The number of hydrogen-bond donors (Lipinski definition) is 2. The molecular weight excluding hydrogens is 332 g/mol. The summed E-state index contributed by atoms with van der Waals surface area (Å²) in [4.78, 5) is 24.3. The minimum Gasteiger partial charge on any atom is -0.394 e. The van der Waals surface area contributed by atoms with Crippen LogP contribution in [0.1, 0.15) is 59.8 Å². The van der Waals surface area contributed by atoms with Crippen molar-refractivity contribution in [2.24, 2.45) is 0 Å². The molecule has 2 N–H and O–H groups in total. The van der Waals surface area contributed by atoms with Gasteiger partial charge in [-0.25, -0.2) is 0 Å². The number of aliphatic hydroxyl groups excluding tert-OH is 1. The molecule has 6 nitrogen and oxygen atoms in total. The molecule has 2 aliphatic carbocycles. The molecule has 2 saturated carbocycles. The van der Waals surface area contributed by atoms with E-state index in [-0.39, 0.29) is 30.5 Å². The van der Waals surface area contributed by atoms with Gasteiger partial charge in [0.2, 0.25) is 11.8 Å². The maximum Gasteiger partial charge on any atom is 0.225 e. The third-order valence-electron chi connectivity index (χ3n) is 4.62. The lowest BCUT2D eigenvalue weighted by Gasteiger charge is -2.32. The van der Waals surface area contributed by atoms with Crippen LogP contribution in [0.25, 0.3) is 0 Å². The monoisotopic (exact) mass is 364 g/mol. The van der Waals surface area contributed by atoms with Crippen LogP contribution in [0.2, 0.25) is 0 Å². The third-order valence-corrected chi connectivity index (χ3v) is 4.62. The highest BCUT2D eigenvalue weighted by Crippen LogP contribution is 2.34. The molecule has 6 heteroatoms. The fourth-order valence-corrected chi connectivity index (χ4v) is 3.05. The van der Waals surface area contributed by atoms with Crippen LogP contribution >= 0.6 is 0 Å². The zero-order chi connectivity index (χ0) is 19.3. The van der Waals surface area contributed by atoms with E-state index in [1.165, 1.54) is 30.9 Å². The average Bonchev–Trinajstić information content (AvgIpc) is 3.48. The molecule has 1 heterocycles. The minimum atomic E-state index is -0.441. The Hall–Kier alpha value is -1.66. The number of allylic oxidation sites excluding steroid dienone is 2. The summed E-state index contributed by atoms with van der Waals surface area (Å²) in [5.41, 5.74) is 2.36. The Morgan fingerprint density at radius 3 is 2.38 bits per heavy atom. The lowest BCUT2D eigenvalue weighted by atomic mass is 10.1. The number of carbonyl (C=O) groups excluding carboxylic acids is 2. The van der Waals surface area contributed by atoms with Gasteiger partial charge in [0.1, 0.15) is 5.72 Å². The zero-order valence-electron chi connectivity index (χ0n) is 16.4. The van der Waals surface area contributed by atoms with Gasteiger partial charge in [0.05, 0.1) is 25.3 Å². The van der Waals surface area contributed by atoms with Crippen LogP contribution < -0.4 is 5.32 Å². The largest absolute Gasteiger partial charge is 0.394 e. The summed E-state index contributed by atoms with van der Waals surface area (Å²) in [5, 5.41) is 11.4. The fourth-order valence-electron chi connectivity index (χ4n) is 3.05. The van der Waals surface area contributed by atoms with Crippen molar-refractivity contribution in [1.29, 1.82) is 0 Å². The molecular formula is C20H32N2O4. The predicted molar refractivity (Wildman–Crippen MR) is 100 cm³/mol. The second kappa shape index (κ2) is 8.82. The highest BCUT2D eigenvalue weighted by atomic mass is 16.5. The van der Waals surface area contributed by atoms with Gasteiger partial charge in [-0.15, -0.1) is 0 Å². The van der Waals surface area contributed by atoms with Crippen molar-refractivity contribution < 1.29 is 19.4 Å². The van der Waals surface area contributed by atoms with Gasteiger partial charge in [0.15, 0.2) is 0 Å². The Morgan fingerprint density at radius 2 is 1.92 bits per heavy atom. The molecule has 0 radical (unpaired) electrons. The predicted octanol–water partition coefficient (Wildman–Crippen LogP) is 2.28. The molecule has 3 rings (SSSR count). The number of rotatable bonds is 5. The highest BCUT2D eigenvalue weighted by molar-refractivity contribution is 5.77. The molecule has 0 unspecified atom stereocenters. The average molecular weight is 364 g/mol.